The smallest absolute Gasteiger partial charge is 0.273 e. The SMILES string of the molecule is COc1ccc(Nc2nc(C(=O)N3CCC(C)CC3)cs2)cc1OC. The number of benzene rings is 1. The minimum absolute atomic E-state index is 0.0171. The molecule has 1 aliphatic heterocycles. The highest BCUT2D eigenvalue weighted by atomic mass is 32.1. The summed E-state index contributed by atoms with van der Waals surface area (Å²) in [5, 5.41) is 5.71. The minimum Gasteiger partial charge on any atom is -0.493 e. The Kier molecular flexibility index (Phi) is 5.43. The van der Waals surface area contributed by atoms with Crippen molar-refractivity contribution in [1.82, 2.24) is 9.88 Å². The molecule has 1 aromatic carbocycles. The predicted octanol–water partition coefficient (Wildman–Crippen LogP) is 3.78. The van der Waals surface area contributed by atoms with E-state index in [1.54, 1.807) is 14.2 Å². The molecule has 0 radical (unpaired) electrons. The van der Waals surface area contributed by atoms with Crippen LogP contribution in [0.25, 0.3) is 0 Å². The fourth-order valence-electron chi connectivity index (χ4n) is 2.84. The van der Waals surface area contributed by atoms with Gasteiger partial charge in [-0.3, -0.25) is 4.79 Å². The molecule has 3 rings (SSSR count). The van der Waals surface area contributed by atoms with Crippen molar-refractivity contribution in [3.63, 3.8) is 0 Å². The molecule has 0 unspecified atom stereocenters. The van der Waals surface area contributed by atoms with E-state index >= 15 is 0 Å². The van der Waals surface area contributed by atoms with Gasteiger partial charge < -0.3 is 19.7 Å². The lowest BCUT2D eigenvalue weighted by Gasteiger charge is -2.29. The molecule has 0 saturated carbocycles. The predicted molar refractivity (Wildman–Crippen MR) is 99.2 cm³/mol. The quantitative estimate of drug-likeness (QED) is 0.878. The summed E-state index contributed by atoms with van der Waals surface area (Å²) in [6.07, 6.45) is 2.12. The number of anilines is 2. The van der Waals surface area contributed by atoms with Crippen LogP contribution in [-0.2, 0) is 0 Å². The molecule has 1 N–H and O–H groups in total. The van der Waals surface area contributed by atoms with Crippen LogP contribution in [0, 0.1) is 5.92 Å². The lowest BCUT2D eigenvalue weighted by Crippen LogP contribution is -2.38. The number of carbonyl (C=O) groups excluding carboxylic acids is 1. The van der Waals surface area contributed by atoms with E-state index in [-0.39, 0.29) is 5.91 Å². The van der Waals surface area contributed by atoms with Gasteiger partial charge in [0.2, 0.25) is 0 Å². The third-order valence-electron chi connectivity index (χ3n) is 4.43. The van der Waals surface area contributed by atoms with Crippen LogP contribution in [-0.4, -0.2) is 43.1 Å². The first kappa shape index (κ1) is 17.5. The molecule has 2 aromatic rings. The molecule has 7 heteroatoms. The lowest BCUT2D eigenvalue weighted by atomic mass is 9.99. The molecule has 134 valence electrons. The molecule has 1 amide bonds. The van der Waals surface area contributed by atoms with Crippen LogP contribution in [0.2, 0.25) is 0 Å². The molecular weight excluding hydrogens is 338 g/mol. The van der Waals surface area contributed by atoms with Crippen LogP contribution in [0.4, 0.5) is 10.8 Å². The van der Waals surface area contributed by atoms with E-state index in [4.69, 9.17) is 9.47 Å². The second-order valence-electron chi connectivity index (χ2n) is 6.21. The first-order valence-electron chi connectivity index (χ1n) is 8.34. The maximum Gasteiger partial charge on any atom is 0.273 e. The summed E-state index contributed by atoms with van der Waals surface area (Å²) in [6.45, 7) is 3.86. The van der Waals surface area contributed by atoms with Gasteiger partial charge in [-0.2, -0.15) is 0 Å². The van der Waals surface area contributed by atoms with E-state index in [9.17, 15) is 4.79 Å². The summed E-state index contributed by atoms with van der Waals surface area (Å²) in [6, 6.07) is 5.56. The van der Waals surface area contributed by atoms with Gasteiger partial charge in [0.1, 0.15) is 5.69 Å². The van der Waals surface area contributed by atoms with Crippen LogP contribution < -0.4 is 14.8 Å². The van der Waals surface area contributed by atoms with E-state index < -0.39 is 0 Å². The highest BCUT2D eigenvalue weighted by Crippen LogP contribution is 2.32. The number of rotatable bonds is 5. The second kappa shape index (κ2) is 7.74. The molecule has 1 saturated heterocycles. The molecule has 0 spiro atoms. The Bertz CT molecular complexity index is 739. The van der Waals surface area contributed by atoms with Crippen molar-refractivity contribution >= 4 is 28.1 Å². The minimum atomic E-state index is 0.0171. The third kappa shape index (κ3) is 4.04. The molecule has 1 aliphatic rings. The van der Waals surface area contributed by atoms with Crippen LogP contribution in [0.15, 0.2) is 23.6 Å². The number of nitrogens with zero attached hydrogens (tertiary/aromatic N) is 2. The molecular formula is C18H23N3O3S. The molecule has 0 bridgehead atoms. The Labute approximate surface area is 151 Å². The number of piperidine rings is 1. The summed E-state index contributed by atoms with van der Waals surface area (Å²) in [7, 11) is 3.20. The zero-order chi connectivity index (χ0) is 17.8. The van der Waals surface area contributed by atoms with Crippen molar-refractivity contribution in [3.8, 4) is 11.5 Å². The summed E-state index contributed by atoms with van der Waals surface area (Å²) in [5.41, 5.74) is 1.33. The van der Waals surface area contributed by atoms with Crippen molar-refractivity contribution < 1.29 is 14.3 Å². The van der Waals surface area contributed by atoms with E-state index in [0.29, 0.717) is 28.2 Å². The zero-order valence-electron chi connectivity index (χ0n) is 14.7. The third-order valence-corrected chi connectivity index (χ3v) is 5.19. The highest BCUT2D eigenvalue weighted by Gasteiger charge is 2.23. The Balaban J connectivity index is 1.68. The lowest BCUT2D eigenvalue weighted by molar-refractivity contribution is 0.0692. The monoisotopic (exact) mass is 361 g/mol. The summed E-state index contributed by atoms with van der Waals surface area (Å²) in [5.74, 6) is 2.02. The number of nitrogens with one attached hydrogen (secondary N) is 1. The molecule has 0 aliphatic carbocycles. The van der Waals surface area contributed by atoms with Gasteiger partial charge >= 0.3 is 0 Å². The molecule has 6 nitrogen and oxygen atoms in total. The summed E-state index contributed by atoms with van der Waals surface area (Å²) in [4.78, 5) is 18.9. The molecule has 25 heavy (non-hydrogen) atoms. The van der Waals surface area contributed by atoms with Crippen LogP contribution in [0.3, 0.4) is 0 Å². The largest absolute Gasteiger partial charge is 0.493 e. The van der Waals surface area contributed by atoms with Gasteiger partial charge in [-0.1, -0.05) is 6.92 Å². The number of hydrogen-bond donors (Lipinski definition) is 1. The Morgan fingerprint density at radius 2 is 1.96 bits per heavy atom. The number of likely N-dealkylation sites (tertiary alicyclic amines) is 1. The number of hydrogen-bond acceptors (Lipinski definition) is 6. The highest BCUT2D eigenvalue weighted by molar-refractivity contribution is 7.14. The Morgan fingerprint density at radius 3 is 2.64 bits per heavy atom. The molecule has 0 atom stereocenters. The van der Waals surface area contributed by atoms with Gasteiger partial charge in [-0.15, -0.1) is 11.3 Å². The van der Waals surface area contributed by atoms with Gasteiger partial charge in [0.15, 0.2) is 16.6 Å². The molecule has 1 aromatic heterocycles. The van der Waals surface area contributed by atoms with Gasteiger partial charge in [0.05, 0.1) is 14.2 Å². The van der Waals surface area contributed by atoms with Gasteiger partial charge in [-0.25, -0.2) is 4.98 Å². The van der Waals surface area contributed by atoms with Gasteiger partial charge in [-0.05, 0) is 30.9 Å². The number of thiazole rings is 1. The van der Waals surface area contributed by atoms with Crippen LogP contribution in [0.1, 0.15) is 30.3 Å². The number of methoxy groups -OCH3 is 2. The van der Waals surface area contributed by atoms with Crippen molar-refractivity contribution in [2.24, 2.45) is 5.92 Å². The zero-order valence-corrected chi connectivity index (χ0v) is 15.6. The number of ether oxygens (including phenoxy) is 2. The van der Waals surface area contributed by atoms with Crippen LogP contribution >= 0.6 is 11.3 Å². The average Bonchev–Trinajstić information content (AvgIpc) is 3.10. The van der Waals surface area contributed by atoms with Crippen molar-refractivity contribution in [2.45, 2.75) is 19.8 Å². The normalized spacial score (nSPS) is 15.1. The molecule has 1 fully saturated rings. The Morgan fingerprint density at radius 1 is 1.24 bits per heavy atom. The van der Waals surface area contributed by atoms with E-state index in [1.165, 1.54) is 11.3 Å². The maximum absolute atomic E-state index is 12.6. The summed E-state index contributed by atoms with van der Waals surface area (Å²) < 4.78 is 10.5. The van der Waals surface area contributed by atoms with E-state index in [1.807, 2.05) is 28.5 Å². The topological polar surface area (TPSA) is 63.7 Å². The second-order valence-corrected chi connectivity index (χ2v) is 7.07. The number of aromatic nitrogens is 1. The average molecular weight is 361 g/mol. The fourth-order valence-corrected chi connectivity index (χ4v) is 3.55. The van der Waals surface area contributed by atoms with Gasteiger partial charge in [0.25, 0.3) is 5.91 Å². The number of carbonyl (C=O) groups is 1. The van der Waals surface area contributed by atoms with Gasteiger partial charge in [0, 0.05) is 30.2 Å². The van der Waals surface area contributed by atoms with Crippen LogP contribution in [0.5, 0.6) is 11.5 Å². The van der Waals surface area contributed by atoms with E-state index in [0.717, 1.165) is 31.6 Å². The first-order chi connectivity index (χ1) is 12.1. The first-order valence-corrected chi connectivity index (χ1v) is 9.22. The van der Waals surface area contributed by atoms with Crippen molar-refractivity contribution in [3.05, 3.63) is 29.3 Å². The standard InChI is InChI=1S/C18H23N3O3S/c1-12-6-8-21(9-7-12)17(22)14-11-25-18(20-14)19-13-4-5-15(23-2)16(10-13)24-3/h4-5,10-12H,6-9H2,1-3H3,(H,19,20). The fraction of sp³-hybridized carbons (Fsp3) is 0.444. The number of amides is 1. The van der Waals surface area contributed by atoms with Crippen molar-refractivity contribution in [2.75, 3.05) is 32.6 Å². The Hall–Kier alpha value is -2.28. The van der Waals surface area contributed by atoms with E-state index in [2.05, 4.69) is 17.2 Å². The summed E-state index contributed by atoms with van der Waals surface area (Å²) >= 11 is 1.42. The maximum atomic E-state index is 12.6. The van der Waals surface area contributed by atoms with Crippen molar-refractivity contribution in [1.29, 1.82) is 0 Å². The molecule has 2 heterocycles.